The molecule has 1 rings (SSSR count). The summed E-state index contributed by atoms with van der Waals surface area (Å²) < 4.78 is 4.42. The molecule has 1 aromatic carbocycles. The van der Waals surface area contributed by atoms with Crippen LogP contribution >= 0.6 is 0 Å². The number of hydrogen-bond acceptors (Lipinski definition) is 6. The van der Waals surface area contributed by atoms with Crippen LogP contribution in [0.4, 0.5) is 11.4 Å². The average Bonchev–Trinajstić information content (AvgIpc) is 2.35. The number of nitro groups is 1. The summed E-state index contributed by atoms with van der Waals surface area (Å²) in [6.07, 6.45) is 0. The van der Waals surface area contributed by atoms with Gasteiger partial charge >= 0.3 is 5.97 Å². The highest BCUT2D eigenvalue weighted by atomic mass is 16.6. The normalized spacial score (nSPS) is 9.18. The molecule has 1 N–H and O–H groups in total. The monoisotopic (exact) mass is 235 g/mol. The third-order valence-electron chi connectivity index (χ3n) is 1.98. The van der Waals surface area contributed by atoms with E-state index in [0.717, 1.165) is 0 Å². The molecule has 0 bridgehead atoms. The number of nitrogens with one attached hydrogen (secondary N) is 1. The predicted octanol–water partition coefficient (Wildman–Crippen LogP) is 1.05. The fraction of sp³-hybridized carbons (Fsp3) is 0.200. The van der Waals surface area contributed by atoms with Crippen molar-refractivity contribution in [2.45, 2.75) is 0 Å². The van der Waals surface area contributed by atoms with Gasteiger partial charge in [0, 0.05) is 11.8 Å². The smallest absolute Gasteiger partial charge is 0.325 e. The van der Waals surface area contributed by atoms with Gasteiger partial charge in [0.1, 0.15) is 18.2 Å². The van der Waals surface area contributed by atoms with Gasteiger partial charge < -0.3 is 10.1 Å². The largest absolute Gasteiger partial charge is 0.468 e. The standard InChI is InChI=1S/C10H9N3O4/c1-17-10(14)6-12-8-2-3-9(13(15)16)7(4-8)5-11/h2-4,12H,6H2,1H3. The number of methoxy groups -OCH3 is 1. The highest BCUT2D eigenvalue weighted by Crippen LogP contribution is 2.21. The predicted molar refractivity (Wildman–Crippen MR) is 58.3 cm³/mol. The van der Waals surface area contributed by atoms with Gasteiger partial charge in [-0.1, -0.05) is 0 Å². The van der Waals surface area contributed by atoms with Crippen LogP contribution < -0.4 is 5.32 Å². The molecule has 0 heterocycles. The van der Waals surface area contributed by atoms with Gasteiger partial charge in [0.2, 0.25) is 0 Å². The second-order valence-corrected chi connectivity index (χ2v) is 3.03. The number of esters is 1. The number of carbonyl (C=O) groups is 1. The zero-order chi connectivity index (χ0) is 12.8. The van der Waals surface area contributed by atoms with E-state index in [1.54, 1.807) is 6.07 Å². The number of hydrogen-bond donors (Lipinski definition) is 1. The summed E-state index contributed by atoms with van der Waals surface area (Å²) in [4.78, 5) is 20.8. The molecule has 7 nitrogen and oxygen atoms in total. The summed E-state index contributed by atoms with van der Waals surface area (Å²) in [5.41, 5.74) is 0.110. The third-order valence-corrected chi connectivity index (χ3v) is 1.98. The molecule has 0 fully saturated rings. The van der Waals surface area contributed by atoms with Gasteiger partial charge in [0.05, 0.1) is 12.0 Å². The highest BCUT2D eigenvalue weighted by Gasteiger charge is 2.13. The van der Waals surface area contributed by atoms with Crippen LogP contribution in [-0.4, -0.2) is 24.5 Å². The van der Waals surface area contributed by atoms with Crippen molar-refractivity contribution in [1.82, 2.24) is 0 Å². The van der Waals surface area contributed by atoms with Gasteiger partial charge in [-0.3, -0.25) is 14.9 Å². The molecule has 0 aliphatic carbocycles. The first-order chi connectivity index (χ1) is 8.08. The number of ether oxygens (including phenoxy) is 1. The van der Waals surface area contributed by atoms with Crippen LogP contribution in [0.3, 0.4) is 0 Å². The topological polar surface area (TPSA) is 105 Å². The Kier molecular flexibility index (Phi) is 4.00. The minimum absolute atomic E-state index is 0.0649. The van der Waals surface area contributed by atoms with Gasteiger partial charge in [0.15, 0.2) is 0 Å². The van der Waals surface area contributed by atoms with E-state index in [0.29, 0.717) is 5.69 Å². The number of nitro benzene ring substituents is 1. The lowest BCUT2D eigenvalue weighted by Crippen LogP contribution is -2.15. The maximum Gasteiger partial charge on any atom is 0.325 e. The van der Waals surface area contributed by atoms with Gasteiger partial charge in [0.25, 0.3) is 5.69 Å². The maximum absolute atomic E-state index is 10.9. The minimum Gasteiger partial charge on any atom is -0.468 e. The van der Waals surface area contributed by atoms with E-state index in [1.807, 2.05) is 0 Å². The molecule has 0 spiro atoms. The van der Waals surface area contributed by atoms with Crippen LogP contribution in [0.25, 0.3) is 0 Å². The van der Waals surface area contributed by atoms with Gasteiger partial charge in [-0.15, -0.1) is 0 Å². The van der Waals surface area contributed by atoms with Crippen LogP contribution in [0.2, 0.25) is 0 Å². The average molecular weight is 235 g/mol. The summed E-state index contributed by atoms with van der Waals surface area (Å²) in [7, 11) is 1.25. The number of carbonyl (C=O) groups excluding carboxylic acids is 1. The Labute approximate surface area is 96.8 Å². The van der Waals surface area contributed by atoms with Crippen LogP contribution in [0, 0.1) is 21.4 Å². The number of benzene rings is 1. The van der Waals surface area contributed by atoms with Crippen molar-refractivity contribution in [3.05, 3.63) is 33.9 Å². The SMILES string of the molecule is COC(=O)CNc1ccc([N+](=O)[O-])c(C#N)c1. The Morgan fingerprint density at radius 3 is 2.88 bits per heavy atom. The van der Waals surface area contributed by atoms with Crippen LogP contribution in [0.5, 0.6) is 0 Å². The summed E-state index contributed by atoms with van der Waals surface area (Å²) in [6, 6.07) is 5.65. The first-order valence-corrected chi connectivity index (χ1v) is 4.57. The molecule has 88 valence electrons. The molecule has 1 aromatic rings. The van der Waals surface area contributed by atoms with Crippen molar-refractivity contribution in [3.63, 3.8) is 0 Å². The summed E-state index contributed by atoms with van der Waals surface area (Å²) >= 11 is 0. The lowest BCUT2D eigenvalue weighted by Gasteiger charge is -2.05. The minimum atomic E-state index is -0.636. The van der Waals surface area contributed by atoms with Crippen molar-refractivity contribution < 1.29 is 14.5 Å². The Morgan fingerprint density at radius 2 is 2.35 bits per heavy atom. The second-order valence-electron chi connectivity index (χ2n) is 3.03. The number of nitrogens with zero attached hydrogens (tertiary/aromatic N) is 2. The van der Waals surface area contributed by atoms with Crippen molar-refractivity contribution in [2.75, 3.05) is 19.0 Å². The number of nitriles is 1. The maximum atomic E-state index is 10.9. The van der Waals surface area contributed by atoms with E-state index < -0.39 is 10.9 Å². The molecule has 0 atom stereocenters. The van der Waals surface area contributed by atoms with Crippen LogP contribution in [0.1, 0.15) is 5.56 Å². The lowest BCUT2D eigenvalue weighted by atomic mass is 10.2. The summed E-state index contributed by atoms with van der Waals surface area (Å²) in [6.45, 7) is -0.0703. The molecule has 0 aliphatic heterocycles. The molecule has 0 unspecified atom stereocenters. The molecule has 0 saturated heterocycles. The molecule has 17 heavy (non-hydrogen) atoms. The highest BCUT2D eigenvalue weighted by molar-refractivity contribution is 5.75. The van der Waals surface area contributed by atoms with E-state index in [1.165, 1.54) is 25.3 Å². The zero-order valence-corrected chi connectivity index (χ0v) is 8.97. The van der Waals surface area contributed by atoms with Crippen molar-refractivity contribution in [3.8, 4) is 6.07 Å². The summed E-state index contributed by atoms with van der Waals surface area (Å²) in [5.74, 6) is -0.470. The Morgan fingerprint density at radius 1 is 1.65 bits per heavy atom. The molecular formula is C10H9N3O4. The summed E-state index contributed by atoms with van der Waals surface area (Å²) in [5, 5.41) is 22.0. The quantitative estimate of drug-likeness (QED) is 0.475. The number of rotatable bonds is 4. The first-order valence-electron chi connectivity index (χ1n) is 4.57. The second kappa shape index (κ2) is 5.46. The Hall–Kier alpha value is -2.62. The van der Waals surface area contributed by atoms with E-state index in [-0.39, 0.29) is 17.8 Å². The van der Waals surface area contributed by atoms with Crippen molar-refractivity contribution in [1.29, 1.82) is 5.26 Å². The third kappa shape index (κ3) is 3.17. The molecule has 0 amide bonds. The molecular weight excluding hydrogens is 226 g/mol. The van der Waals surface area contributed by atoms with E-state index >= 15 is 0 Å². The van der Waals surface area contributed by atoms with Crippen molar-refractivity contribution >= 4 is 17.3 Å². The van der Waals surface area contributed by atoms with Gasteiger partial charge in [-0.2, -0.15) is 5.26 Å². The molecule has 7 heteroatoms. The van der Waals surface area contributed by atoms with Crippen LogP contribution in [-0.2, 0) is 9.53 Å². The number of anilines is 1. The van der Waals surface area contributed by atoms with Gasteiger partial charge in [-0.05, 0) is 12.1 Å². The fourth-order valence-corrected chi connectivity index (χ4v) is 1.14. The zero-order valence-electron chi connectivity index (χ0n) is 8.97. The molecule has 0 aliphatic rings. The van der Waals surface area contributed by atoms with E-state index in [2.05, 4.69) is 10.1 Å². The Bertz CT molecular complexity index is 493. The molecule has 0 aromatic heterocycles. The molecule has 0 radical (unpaired) electrons. The lowest BCUT2D eigenvalue weighted by molar-refractivity contribution is -0.385. The van der Waals surface area contributed by atoms with E-state index in [4.69, 9.17) is 5.26 Å². The van der Waals surface area contributed by atoms with Crippen LogP contribution in [0.15, 0.2) is 18.2 Å². The van der Waals surface area contributed by atoms with Gasteiger partial charge in [-0.25, -0.2) is 0 Å². The fourth-order valence-electron chi connectivity index (χ4n) is 1.14. The molecule has 0 saturated carbocycles. The van der Waals surface area contributed by atoms with Crippen molar-refractivity contribution in [2.24, 2.45) is 0 Å². The first kappa shape index (κ1) is 12.4. The Balaban J connectivity index is 2.87. The van der Waals surface area contributed by atoms with E-state index in [9.17, 15) is 14.9 Å².